The number of hydrogen-bond donors (Lipinski definition) is 1. The molecule has 1 rings (SSSR count). The van der Waals surface area contributed by atoms with E-state index in [-0.39, 0.29) is 12.4 Å². The van der Waals surface area contributed by atoms with E-state index in [1.807, 2.05) is 0 Å². The number of nitrogens with two attached hydrogens (primary N) is 1. The molecular weight excluding hydrogens is 230 g/mol. The number of hydrogen-bond acceptors (Lipinski definition) is 4. The van der Waals surface area contributed by atoms with Gasteiger partial charge in [0.05, 0.1) is 25.8 Å². The predicted molar refractivity (Wildman–Crippen MR) is 62.8 cm³/mol. The highest BCUT2D eigenvalue weighted by molar-refractivity contribution is 6.32. The van der Waals surface area contributed by atoms with Gasteiger partial charge in [-0.15, -0.1) is 0 Å². The quantitative estimate of drug-likeness (QED) is 0.649. The summed E-state index contributed by atoms with van der Waals surface area (Å²) in [5.74, 6) is 0.146. The van der Waals surface area contributed by atoms with Gasteiger partial charge in [0.25, 0.3) is 0 Å². The summed E-state index contributed by atoms with van der Waals surface area (Å²) in [6, 6.07) is 3.30. The molecule has 1 aromatic carbocycles. The van der Waals surface area contributed by atoms with Crippen molar-refractivity contribution >= 4 is 23.3 Å². The molecule has 0 aliphatic heterocycles. The van der Waals surface area contributed by atoms with Gasteiger partial charge < -0.3 is 15.2 Å². The van der Waals surface area contributed by atoms with Crippen LogP contribution in [0.2, 0.25) is 5.02 Å². The Morgan fingerprint density at radius 2 is 2.19 bits per heavy atom. The number of halogens is 1. The lowest BCUT2D eigenvalue weighted by molar-refractivity contribution is -0.142. The molecule has 0 fully saturated rings. The first-order valence-electron chi connectivity index (χ1n) is 4.86. The van der Waals surface area contributed by atoms with Crippen LogP contribution in [0.1, 0.15) is 12.5 Å². The zero-order valence-corrected chi connectivity index (χ0v) is 10.0. The van der Waals surface area contributed by atoms with E-state index in [2.05, 4.69) is 0 Å². The van der Waals surface area contributed by atoms with Crippen molar-refractivity contribution < 1.29 is 14.3 Å². The van der Waals surface area contributed by atoms with E-state index in [9.17, 15) is 4.79 Å². The third-order valence-electron chi connectivity index (χ3n) is 2.11. The topological polar surface area (TPSA) is 61.5 Å². The van der Waals surface area contributed by atoms with Crippen molar-refractivity contribution in [3.05, 3.63) is 22.7 Å². The predicted octanol–water partition coefficient (Wildman–Crippen LogP) is 2.04. The number of methoxy groups -OCH3 is 1. The largest absolute Gasteiger partial charge is 0.495 e. The molecule has 5 heteroatoms. The highest BCUT2D eigenvalue weighted by Crippen LogP contribution is 2.31. The molecule has 0 aromatic heterocycles. The van der Waals surface area contributed by atoms with Gasteiger partial charge in [-0.25, -0.2) is 0 Å². The highest BCUT2D eigenvalue weighted by Gasteiger charge is 2.14. The first kappa shape index (κ1) is 12.6. The molecule has 1 aromatic rings. The Bertz CT molecular complexity index is 393. The normalized spacial score (nSPS) is 9.94. The van der Waals surface area contributed by atoms with Crippen molar-refractivity contribution in [2.75, 3.05) is 19.5 Å². The lowest BCUT2D eigenvalue weighted by Crippen LogP contribution is -2.10. The van der Waals surface area contributed by atoms with Gasteiger partial charge in [0.15, 0.2) is 0 Å². The number of benzene rings is 1. The zero-order valence-electron chi connectivity index (χ0n) is 9.25. The number of rotatable bonds is 4. The van der Waals surface area contributed by atoms with Gasteiger partial charge in [-0.05, 0) is 19.1 Å². The van der Waals surface area contributed by atoms with Gasteiger partial charge in [-0.2, -0.15) is 0 Å². The molecule has 4 nitrogen and oxygen atoms in total. The Morgan fingerprint density at radius 1 is 1.50 bits per heavy atom. The number of carbonyl (C=O) groups excluding carboxylic acids is 1. The van der Waals surface area contributed by atoms with Gasteiger partial charge in [-0.1, -0.05) is 11.6 Å². The SMILES string of the molecule is CCOC(=O)Cc1c(Cl)ccc(OC)c1N. The smallest absolute Gasteiger partial charge is 0.310 e. The van der Waals surface area contributed by atoms with Crippen molar-refractivity contribution in [3.8, 4) is 5.75 Å². The van der Waals surface area contributed by atoms with Crippen LogP contribution in [0, 0.1) is 0 Å². The Hall–Kier alpha value is -1.42. The van der Waals surface area contributed by atoms with Crippen molar-refractivity contribution in [3.63, 3.8) is 0 Å². The maximum Gasteiger partial charge on any atom is 0.310 e. The first-order valence-corrected chi connectivity index (χ1v) is 5.24. The van der Waals surface area contributed by atoms with E-state index < -0.39 is 0 Å². The average Bonchev–Trinajstić information content (AvgIpc) is 2.25. The second kappa shape index (κ2) is 5.61. The summed E-state index contributed by atoms with van der Waals surface area (Å²) in [5.41, 5.74) is 6.74. The Balaban J connectivity index is 2.98. The summed E-state index contributed by atoms with van der Waals surface area (Å²) in [6.07, 6.45) is 0.0513. The summed E-state index contributed by atoms with van der Waals surface area (Å²) in [7, 11) is 1.51. The van der Waals surface area contributed by atoms with E-state index in [1.54, 1.807) is 19.1 Å². The van der Waals surface area contributed by atoms with Gasteiger partial charge in [0, 0.05) is 10.6 Å². The molecule has 0 radical (unpaired) electrons. The first-order chi connectivity index (χ1) is 7.60. The summed E-state index contributed by atoms with van der Waals surface area (Å²) in [4.78, 5) is 11.3. The molecule has 2 N–H and O–H groups in total. The van der Waals surface area contributed by atoms with Gasteiger partial charge in [-0.3, -0.25) is 4.79 Å². The minimum absolute atomic E-state index is 0.0513. The van der Waals surface area contributed by atoms with Gasteiger partial charge in [0.2, 0.25) is 0 Å². The minimum Gasteiger partial charge on any atom is -0.495 e. The second-order valence-corrected chi connectivity index (χ2v) is 3.53. The molecule has 0 aliphatic rings. The number of nitrogen functional groups attached to an aromatic ring is 1. The number of anilines is 1. The summed E-state index contributed by atoms with van der Waals surface area (Å²) >= 11 is 5.96. The summed E-state index contributed by atoms with van der Waals surface area (Å²) in [5, 5.41) is 0.436. The Labute approximate surface area is 99.3 Å². The lowest BCUT2D eigenvalue weighted by Gasteiger charge is -2.11. The molecule has 88 valence electrons. The fourth-order valence-corrected chi connectivity index (χ4v) is 1.56. The fraction of sp³-hybridized carbons (Fsp3) is 0.364. The molecule has 0 heterocycles. The van der Waals surface area contributed by atoms with Crippen molar-refractivity contribution in [2.45, 2.75) is 13.3 Å². The molecule has 0 unspecified atom stereocenters. The van der Waals surface area contributed by atoms with Crippen molar-refractivity contribution in [2.24, 2.45) is 0 Å². The summed E-state index contributed by atoms with van der Waals surface area (Å²) < 4.78 is 9.88. The van der Waals surface area contributed by atoms with E-state index >= 15 is 0 Å². The van der Waals surface area contributed by atoms with Gasteiger partial charge in [0.1, 0.15) is 5.75 Å². The standard InChI is InChI=1S/C11H14ClNO3/c1-3-16-10(14)6-7-8(12)4-5-9(15-2)11(7)13/h4-5H,3,6,13H2,1-2H3. The van der Waals surface area contributed by atoms with E-state index in [0.717, 1.165) is 0 Å². The van der Waals surface area contributed by atoms with E-state index in [4.69, 9.17) is 26.8 Å². The van der Waals surface area contributed by atoms with Crippen LogP contribution in [0.25, 0.3) is 0 Å². The number of ether oxygens (including phenoxy) is 2. The third-order valence-corrected chi connectivity index (χ3v) is 2.46. The molecule has 16 heavy (non-hydrogen) atoms. The van der Waals surface area contributed by atoms with Crippen LogP contribution in [-0.4, -0.2) is 19.7 Å². The van der Waals surface area contributed by atoms with Crippen LogP contribution in [-0.2, 0) is 16.0 Å². The van der Waals surface area contributed by atoms with Crippen LogP contribution in [0.15, 0.2) is 12.1 Å². The molecule has 0 amide bonds. The number of esters is 1. The molecule has 0 aliphatic carbocycles. The van der Waals surface area contributed by atoms with Gasteiger partial charge >= 0.3 is 5.97 Å². The molecule has 0 saturated carbocycles. The van der Waals surface area contributed by atoms with Crippen LogP contribution in [0.3, 0.4) is 0 Å². The molecule has 0 saturated heterocycles. The van der Waals surface area contributed by atoms with Crippen LogP contribution in [0.4, 0.5) is 5.69 Å². The fourth-order valence-electron chi connectivity index (χ4n) is 1.33. The minimum atomic E-state index is -0.357. The molecular formula is C11H14ClNO3. The molecule has 0 spiro atoms. The average molecular weight is 244 g/mol. The maximum absolute atomic E-state index is 11.3. The van der Waals surface area contributed by atoms with Crippen LogP contribution >= 0.6 is 11.6 Å². The van der Waals surface area contributed by atoms with E-state index in [0.29, 0.717) is 28.6 Å². The summed E-state index contributed by atoms with van der Waals surface area (Å²) in [6.45, 7) is 2.08. The highest BCUT2D eigenvalue weighted by atomic mass is 35.5. The lowest BCUT2D eigenvalue weighted by atomic mass is 10.1. The van der Waals surface area contributed by atoms with Crippen molar-refractivity contribution in [1.29, 1.82) is 0 Å². The molecule has 0 atom stereocenters. The third kappa shape index (κ3) is 2.79. The van der Waals surface area contributed by atoms with Crippen LogP contribution in [0.5, 0.6) is 5.75 Å². The second-order valence-electron chi connectivity index (χ2n) is 3.12. The Morgan fingerprint density at radius 3 is 2.75 bits per heavy atom. The van der Waals surface area contributed by atoms with Crippen molar-refractivity contribution in [1.82, 2.24) is 0 Å². The monoisotopic (exact) mass is 243 g/mol. The zero-order chi connectivity index (χ0) is 12.1. The Kier molecular flexibility index (Phi) is 4.43. The van der Waals surface area contributed by atoms with Crippen LogP contribution < -0.4 is 10.5 Å². The van der Waals surface area contributed by atoms with E-state index in [1.165, 1.54) is 7.11 Å². The maximum atomic E-state index is 11.3. The molecule has 0 bridgehead atoms. The number of carbonyl (C=O) groups is 1.